The lowest BCUT2D eigenvalue weighted by atomic mass is 10.1. The zero-order valence-corrected chi connectivity index (χ0v) is 19.2. The Morgan fingerprint density at radius 1 is 1.17 bits per heavy atom. The molecule has 0 aliphatic rings. The van der Waals surface area contributed by atoms with Gasteiger partial charge in [0.15, 0.2) is 0 Å². The lowest BCUT2D eigenvalue weighted by molar-refractivity contribution is 0.304. The van der Waals surface area contributed by atoms with Gasteiger partial charge >= 0.3 is 0 Å². The molecule has 0 amide bonds. The molecule has 0 saturated carbocycles. The van der Waals surface area contributed by atoms with Gasteiger partial charge in [0.25, 0.3) is 0 Å². The van der Waals surface area contributed by atoms with Crippen LogP contribution in [0.5, 0.6) is 5.75 Å². The molecule has 148 valence electrons. The van der Waals surface area contributed by atoms with Crippen molar-refractivity contribution < 1.29 is 9.13 Å². The number of aromatic amines is 1. The average Bonchev–Trinajstić information content (AvgIpc) is 3.15. The van der Waals surface area contributed by atoms with Gasteiger partial charge < -0.3 is 9.72 Å². The van der Waals surface area contributed by atoms with Gasteiger partial charge in [-0.3, -0.25) is 0 Å². The quantitative estimate of drug-likeness (QED) is 0.213. The van der Waals surface area contributed by atoms with Gasteiger partial charge in [0.05, 0.1) is 21.1 Å². The van der Waals surface area contributed by atoms with Crippen LogP contribution >= 0.6 is 38.5 Å². The zero-order valence-electron chi connectivity index (χ0n) is 15.5. The number of halogens is 3. The lowest BCUT2D eigenvalue weighted by Crippen LogP contribution is -1.96. The van der Waals surface area contributed by atoms with E-state index in [1.54, 1.807) is 12.1 Å². The molecule has 0 bridgehead atoms. The molecule has 4 rings (SSSR count). The highest BCUT2D eigenvalue weighted by Crippen LogP contribution is 2.29. The molecule has 0 aliphatic carbocycles. The summed E-state index contributed by atoms with van der Waals surface area (Å²) in [5.74, 6) is 0.752. The smallest absolute Gasteiger partial charge is 0.149 e. The number of imidazole rings is 1. The third kappa shape index (κ3) is 4.71. The van der Waals surface area contributed by atoms with Gasteiger partial charge in [-0.15, -0.1) is 0 Å². The second kappa shape index (κ2) is 8.98. The Morgan fingerprint density at radius 3 is 2.70 bits per heavy atom. The first kappa shape index (κ1) is 20.6. The number of allylic oxidation sites excluding steroid dienone is 1. The standard InChI is InChI=1S/C23H14BrFIN3O/c24-19-10-15(3-8-22(19)30-13-14-1-5-18(26)6-2-14)9-16(12-27)23-28-20-7-4-17(25)11-21(20)29-23/h1-11H,13H2,(H,28,29)/b16-9-. The fourth-order valence-electron chi connectivity index (χ4n) is 2.90. The van der Waals surface area contributed by atoms with Crippen molar-refractivity contribution >= 4 is 61.2 Å². The molecule has 1 aromatic heterocycles. The van der Waals surface area contributed by atoms with Crippen LogP contribution in [0.15, 0.2) is 65.1 Å². The van der Waals surface area contributed by atoms with Gasteiger partial charge in [-0.25, -0.2) is 9.37 Å². The third-order valence-corrected chi connectivity index (χ3v) is 5.73. The second-order valence-electron chi connectivity index (χ2n) is 6.52. The molecule has 1 heterocycles. The zero-order chi connectivity index (χ0) is 21.1. The summed E-state index contributed by atoms with van der Waals surface area (Å²) in [7, 11) is 0. The van der Waals surface area contributed by atoms with E-state index in [2.05, 4.69) is 54.6 Å². The first-order chi connectivity index (χ1) is 14.5. The van der Waals surface area contributed by atoms with Crippen LogP contribution in [0.4, 0.5) is 4.39 Å². The minimum absolute atomic E-state index is 0.353. The minimum Gasteiger partial charge on any atom is -0.488 e. The summed E-state index contributed by atoms with van der Waals surface area (Å²) >= 11 is 5.80. The minimum atomic E-state index is -0.357. The molecule has 0 atom stereocenters. The van der Waals surface area contributed by atoms with Crippen LogP contribution in [-0.4, -0.2) is 9.97 Å². The number of H-pyrrole nitrogens is 1. The largest absolute Gasteiger partial charge is 0.488 e. The number of nitrogens with one attached hydrogen (secondary N) is 1. The highest BCUT2D eigenvalue weighted by molar-refractivity contribution is 14.1. The molecule has 1 N–H and O–H groups in total. The maximum Gasteiger partial charge on any atom is 0.149 e. The van der Waals surface area contributed by atoms with Crippen molar-refractivity contribution in [2.75, 3.05) is 0 Å². The molecule has 0 unspecified atom stereocenters. The molecule has 0 fully saturated rings. The van der Waals surface area contributed by atoms with Crippen molar-refractivity contribution in [3.8, 4) is 11.8 Å². The van der Waals surface area contributed by atoms with Crippen LogP contribution in [0, 0.1) is 20.7 Å². The van der Waals surface area contributed by atoms with Crippen molar-refractivity contribution in [3.63, 3.8) is 0 Å². The molecular weight excluding hydrogens is 560 g/mol. The number of nitrogens with zero attached hydrogens (tertiary/aromatic N) is 2. The van der Waals surface area contributed by atoms with Crippen LogP contribution in [-0.2, 0) is 6.61 Å². The number of benzene rings is 3. The Morgan fingerprint density at radius 2 is 1.97 bits per heavy atom. The van der Waals surface area contributed by atoms with Gasteiger partial charge in [0.1, 0.15) is 30.1 Å². The molecule has 0 aliphatic heterocycles. The Hall–Kier alpha value is -2.70. The topological polar surface area (TPSA) is 61.7 Å². The lowest BCUT2D eigenvalue weighted by Gasteiger charge is -2.09. The summed E-state index contributed by atoms with van der Waals surface area (Å²) in [4.78, 5) is 7.38. The molecular formula is C23H14BrFIN3O. The first-order valence-electron chi connectivity index (χ1n) is 8.96. The number of rotatable bonds is 5. The van der Waals surface area contributed by atoms with Crippen molar-refractivity contribution in [1.29, 1.82) is 5.26 Å². The summed E-state index contributed by atoms with van der Waals surface area (Å²) < 4.78 is 21.3. The van der Waals surface area contributed by atoms with Crippen molar-refractivity contribution in [2.45, 2.75) is 6.61 Å². The highest BCUT2D eigenvalue weighted by atomic mass is 127. The molecule has 4 nitrogen and oxygen atoms in total. The maximum absolute atomic E-state index is 13.4. The molecule has 0 radical (unpaired) electrons. The van der Waals surface area contributed by atoms with E-state index >= 15 is 0 Å². The van der Waals surface area contributed by atoms with E-state index in [0.29, 0.717) is 34.8 Å². The fourth-order valence-corrected chi connectivity index (χ4v) is 3.77. The van der Waals surface area contributed by atoms with Crippen LogP contribution in [0.3, 0.4) is 0 Å². The fraction of sp³-hybridized carbons (Fsp3) is 0.0435. The van der Waals surface area contributed by atoms with E-state index in [-0.39, 0.29) is 5.82 Å². The van der Waals surface area contributed by atoms with Gasteiger partial charge in [-0.1, -0.05) is 18.2 Å². The Bertz CT molecular complexity index is 1290. The predicted molar refractivity (Wildman–Crippen MR) is 127 cm³/mol. The predicted octanol–water partition coefficient (Wildman–Crippen LogP) is 6.71. The normalized spacial score (nSPS) is 11.5. The number of aromatic nitrogens is 2. The Kier molecular flexibility index (Phi) is 6.16. The first-order valence-corrected chi connectivity index (χ1v) is 10.8. The number of hydrogen-bond acceptors (Lipinski definition) is 3. The van der Waals surface area contributed by atoms with E-state index in [4.69, 9.17) is 4.74 Å². The average molecular weight is 574 g/mol. The van der Waals surface area contributed by atoms with Crippen LogP contribution in [0.2, 0.25) is 0 Å². The number of hydrogen-bond donors (Lipinski definition) is 1. The van der Waals surface area contributed by atoms with E-state index in [1.165, 1.54) is 15.7 Å². The second-order valence-corrected chi connectivity index (χ2v) is 8.62. The highest BCUT2D eigenvalue weighted by Gasteiger charge is 2.10. The number of nitriles is 1. The third-order valence-electron chi connectivity index (χ3n) is 4.39. The van der Waals surface area contributed by atoms with E-state index in [0.717, 1.165) is 15.6 Å². The van der Waals surface area contributed by atoms with Crippen molar-refractivity contribution in [2.24, 2.45) is 0 Å². The van der Waals surface area contributed by atoms with Crippen molar-refractivity contribution in [3.05, 3.63) is 91.5 Å². The molecule has 0 spiro atoms. The summed E-state index contributed by atoms with van der Waals surface area (Å²) in [5, 5.41) is 9.58. The molecule has 4 aromatic rings. The van der Waals surface area contributed by atoms with Crippen LogP contribution in [0.25, 0.3) is 22.7 Å². The molecule has 30 heavy (non-hydrogen) atoms. The summed E-state index contributed by atoms with van der Waals surface area (Å²) in [6.07, 6.45) is 1.72. The summed E-state index contributed by atoms with van der Waals surface area (Å²) in [5.41, 5.74) is 3.40. The van der Waals surface area contributed by atoms with E-state index < -0.39 is 0 Å². The van der Waals surface area contributed by atoms with Crippen LogP contribution < -0.4 is 4.74 Å². The summed E-state index contributed by atoms with van der Waals surface area (Å²) in [6, 6.07) is 20.2. The summed E-state index contributed by atoms with van der Waals surface area (Å²) in [6.45, 7) is 0.462. The number of fused-ring (bicyclic) bond motifs is 1. The van der Waals surface area contributed by atoms with E-state index in [1.807, 2.05) is 42.5 Å². The molecule has 7 heteroatoms. The monoisotopic (exact) mass is 573 g/mol. The Balaban J connectivity index is 1.55. The molecule has 3 aromatic carbocycles. The van der Waals surface area contributed by atoms with Gasteiger partial charge in [0.2, 0.25) is 0 Å². The van der Waals surface area contributed by atoms with Crippen molar-refractivity contribution in [1.82, 2.24) is 9.97 Å². The van der Waals surface area contributed by atoms with Gasteiger partial charge in [0, 0.05) is 3.57 Å². The SMILES string of the molecule is N#C/C(=C/c1ccc(OCc2ccc(I)cc2)c(Br)c1)c1nc2ccc(F)cc2[nH]1. The van der Waals surface area contributed by atoms with Gasteiger partial charge in [-0.2, -0.15) is 5.26 Å². The number of ether oxygens (including phenoxy) is 1. The Labute approximate surface area is 194 Å². The van der Waals surface area contributed by atoms with Crippen LogP contribution in [0.1, 0.15) is 17.0 Å². The maximum atomic E-state index is 13.4. The van der Waals surface area contributed by atoms with Gasteiger partial charge in [-0.05, 0) is 98.2 Å². The van der Waals surface area contributed by atoms with E-state index in [9.17, 15) is 9.65 Å². The molecule has 0 saturated heterocycles.